The zero-order chi connectivity index (χ0) is 15.0. The number of rotatable bonds is 8. The van der Waals surface area contributed by atoms with Crippen molar-refractivity contribution in [3.8, 4) is 5.75 Å². The van der Waals surface area contributed by atoms with Crippen molar-refractivity contribution in [2.24, 2.45) is 0 Å². The van der Waals surface area contributed by atoms with Gasteiger partial charge in [0.1, 0.15) is 5.75 Å². The van der Waals surface area contributed by atoms with Crippen molar-refractivity contribution in [3.63, 3.8) is 0 Å². The van der Waals surface area contributed by atoms with E-state index in [0.29, 0.717) is 23.4 Å². The molecule has 1 aromatic carbocycles. The SMILES string of the molecule is COCCCNC(=O)C(C)Oc1ccc(CO)cc1Br. The van der Waals surface area contributed by atoms with Crippen molar-refractivity contribution in [2.45, 2.75) is 26.1 Å². The Balaban J connectivity index is 2.48. The summed E-state index contributed by atoms with van der Waals surface area (Å²) in [5, 5.41) is 11.8. The molecular formula is C14H20BrNO4. The van der Waals surface area contributed by atoms with E-state index < -0.39 is 6.10 Å². The molecule has 5 nitrogen and oxygen atoms in total. The predicted octanol–water partition coefficient (Wildman–Crippen LogP) is 1.86. The Hall–Kier alpha value is -1.11. The zero-order valence-electron chi connectivity index (χ0n) is 11.7. The number of amides is 1. The zero-order valence-corrected chi connectivity index (χ0v) is 13.3. The molecule has 0 aliphatic heterocycles. The molecule has 6 heteroatoms. The lowest BCUT2D eigenvalue weighted by Crippen LogP contribution is -2.37. The number of benzene rings is 1. The summed E-state index contributed by atoms with van der Waals surface area (Å²) in [6.07, 6.45) is 0.179. The molecule has 1 aromatic rings. The fourth-order valence-electron chi connectivity index (χ4n) is 1.55. The lowest BCUT2D eigenvalue weighted by Gasteiger charge is -2.16. The largest absolute Gasteiger partial charge is 0.480 e. The third-order valence-electron chi connectivity index (χ3n) is 2.68. The van der Waals surface area contributed by atoms with Crippen LogP contribution in [0.15, 0.2) is 22.7 Å². The number of hydrogen-bond donors (Lipinski definition) is 2. The van der Waals surface area contributed by atoms with Crippen LogP contribution in [0.25, 0.3) is 0 Å². The molecular weight excluding hydrogens is 326 g/mol. The Labute approximate surface area is 127 Å². The van der Waals surface area contributed by atoms with Crippen LogP contribution in [0.1, 0.15) is 18.9 Å². The van der Waals surface area contributed by atoms with Crippen molar-refractivity contribution in [2.75, 3.05) is 20.3 Å². The Bertz CT molecular complexity index is 439. The maximum atomic E-state index is 11.8. The van der Waals surface area contributed by atoms with Crippen LogP contribution in [-0.4, -0.2) is 37.4 Å². The first-order valence-corrected chi connectivity index (χ1v) is 7.20. The Morgan fingerprint density at radius 1 is 1.50 bits per heavy atom. The number of hydrogen-bond acceptors (Lipinski definition) is 4. The fourth-order valence-corrected chi connectivity index (χ4v) is 2.07. The van der Waals surface area contributed by atoms with Crippen molar-refractivity contribution >= 4 is 21.8 Å². The van der Waals surface area contributed by atoms with Crippen LogP contribution >= 0.6 is 15.9 Å². The minimum Gasteiger partial charge on any atom is -0.480 e. The Morgan fingerprint density at radius 3 is 2.85 bits per heavy atom. The van der Waals surface area contributed by atoms with E-state index in [0.717, 1.165) is 12.0 Å². The van der Waals surface area contributed by atoms with Crippen LogP contribution in [0.5, 0.6) is 5.75 Å². The quantitative estimate of drug-likeness (QED) is 0.705. The number of methoxy groups -OCH3 is 1. The maximum absolute atomic E-state index is 11.8. The molecule has 0 aliphatic rings. The predicted molar refractivity (Wildman–Crippen MR) is 79.7 cm³/mol. The third-order valence-corrected chi connectivity index (χ3v) is 3.30. The van der Waals surface area contributed by atoms with E-state index >= 15 is 0 Å². The van der Waals surface area contributed by atoms with Crippen molar-refractivity contribution < 1.29 is 19.4 Å². The van der Waals surface area contributed by atoms with E-state index in [1.54, 1.807) is 32.2 Å². The van der Waals surface area contributed by atoms with Crippen LogP contribution in [-0.2, 0) is 16.1 Å². The Morgan fingerprint density at radius 2 is 2.25 bits per heavy atom. The second kappa shape index (κ2) is 8.94. The molecule has 0 aromatic heterocycles. The van der Waals surface area contributed by atoms with Crippen LogP contribution in [0, 0.1) is 0 Å². The highest BCUT2D eigenvalue weighted by atomic mass is 79.9. The van der Waals surface area contributed by atoms with Gasteiger partial charge in [-0.25, -0.2) is 0 Å². The van der Waals surface area contributed by atoms with Crippen LogP contribution in [0.2, 0.25) is 0 Å². The number of nitrogens with one attached hydrogen (secondary N) is 1. The van der Waals surface area contributed by atoms with Gasteiger partial charge in [-0.1, -0.05) is 6.07 Å². The number of ether oxygens (including phenoxy) is 2. The van der Waals surface area contributed by atoms with Crippen molar-refractivity contribution in [3.05, 3.63) is 28.2 Å². The highest BCUT2D eigenvalue weighted by Gasteiger charge is 2.15. The monoisotopic (exact) mass is 345 g/mol. The molecule has 0 radical (unpaired) electrons. The molecule has 0 heterocycles. The summed E-state index contributed by atoms with van der Waals surface area (Å²) < 4.78 is 11.2. The average Bonchev–Trinajstić information content (AvgIpc) is 2.45. The van der Waals surface area contributed by atoms with Gasteiger partial charge in [-0.05, 0) is 47.0 Å². The molecule has 1 amide bonds. The summed E-state index contributed by atoms with van der Waals surface area (Å²) in [6.45, 7) is 2.83. The summed E-state index contributed by atoms with van der Waals surface area (Å²) in [5.74, 6) is 0.404. The van der Waals surface area contributed by atoms with E-state index in [9.17, 15) is 4.79 Å². The molecule has 0 saturated carbocycles. The van der Waals surface area contributed by atoms with Crippen LogP contribution in [0.4, 0.5) is 0 Å². The van der Waals surface area contributed by atoms with Crippen LogP contribution < -0.4 is 10.1 Å². The van der Waals surface area contributed by atoms with Gasteiger partial charge >= 0.3 is 0 Å². The number of aliphatic hydroxyl groups excluding tert-OH is 1. The smallest absolute Gasteiger partial charge is 0.260 e. The minimum atomic E-state index is -0.589. The van der Waals surface area contributed by atoms with Crippen molar-refractivity contribution in [1.82, 2.24) is 5.32 Å². The van der Waals surface area contributed by atoms with E-state index in [-0.39, 0.29) is 12.5 Å². The number of halogens is 1. The Kier molecular flexibility index (Phi) is 7.58. The number of aliphatic hydroxyl groups is 1. The molecule has 0 bridgehead atoms. The summed E-state index contributed by atoms with van der Waals surface area (Å²) in [7, 11) is 1.63. The molecule has 1 unspecified atom stereocenters. The van der Waals surface area contributed by atoms with Gasteiger partial charge in [0.2, 0.25) is 0 Å². The van der Waals surface area contributed by atoms with E-state index in [1.807, 2.05) is 0 Å². The van der Waals surface area contributed by atoms with Crippen LogP contribution in [0.3, 0.4) is 0 Å². The molecule has 2 N–H and O–H groups in total. The summed E-state index contributed by atoms with van der Waals surface area (Å²) in [6, 6.07) is 5.24. The first kappa shape index (κ1) is 16.9. The molecule has 0 saturated heterocycles. The molecule has 1 rings (SSSR count). The molecule has 0 spiro atoms. The summed E-state index contributed by atoms with van der Waals surface area (Å²) in [5.41, 5.74) is 0.779. The van der Waals surface area contributed by atoms with E-state index in [1.165, 1.54) is 0 Å². The summed E-state index contributed by atoms with van der Waals surface area (Å²) in [4.78, 5) is 11.8. The standard InChI is InChI=1S/C14H20BrNO4/c1-10(14(18)16-6-3-7-19-2)20-13-5-4-11(9-17)8-12(13)15/h4-5,8,10,17H,3,6-7,9H2,1-2H3,(H,16,18). The first-order valence-electron chi connectivity index (χ1n) is 6.41. The number of carbonyl (C=O) groups excluding carboxylic acids is 1. The van der Waals surface area contributed by atoms with Gasteiger partial charge in [-0.3, -0.25) is 4.79 Å². The lowest BCUT2D eigenvalue weighted by molar-refractivity contribution is -0.127. The van der Waals surface area contributed by atoms with Gasteiger partial charge in [0.25, 0.3) is 5.91 Å². The second-order valence-electron chi connectivity index (χ2n) is 4.32. The normalized spacial score (nSPS) is 12.0. The maximum Gasteiger partial charge on any atom is 0.260 e. The van der Waals surface area contributed by atoms with E-state index in [4.69, 9.17) is 14.6 Å². The molecule has 0 fully saturated rings. The third kappa shape index (κ3) is 5.48. The van der Waals surface area contributed by atoms with Gasteiger partial charge < -0.3 is 19.9 Å². The number of carbonyl (C=O) groups is 1. The average molecular weight is 346 g/mol. The van der Waals surface area contributed by atoms with E-state index in [2.05, 4.69) is 21.2 Å². The molecule has 1 atom stereocenters. The van der Waals surface area contributed by atoms with Gasteiger partial charge in [-0.2, -0.15) is 0 Å². The topological polar surface area (TPSA) is 67.8 Å². The van der Waals surface area contributed by atoms with Gasteiger partial charge in [-0.15, -0.1) is 0 Å². The highest BCUT2D eigenvalue weighted by Crippen LogP contribution is 2.26. The summed E-state index contributed by atoms with van der Waals surface area (Å²) >= 11 is 3.35. The first-order chi connectivity index (χ1) is 9.58. The second-order valence-corrected chi connectivity index (χ2v) is 5.17. The molecule has 112 valence electrons. The lowest BCUT2D eigenvalue weighted by atomic mass is 10.2. The fraction of sp³-hybridized carbons (Fsp3) is 0.500. The van der Waals surface area contributed by atoms with Gasteiger partial charge in [0, 0.05) is 20.3 Å². The van der Waals surface area contributed by atoms with Gasteiger partial charge in [0.05, 0.1) is 11.1 Å². The molecule has 0 aliphatic carbocycles. The van der Waals surface area contributed by atoms with Crippen molar-refractivity contribution in [1.29, 1.82) is 0 Å². The highest BCUT2D eigenvalue weighted by molar-refractivity contribution is 9.10. The molecule has 20 heavy (non-hydrogen) atoms. The van der Waals surface area contributed by atoms with Gasteiger partial charge in [0.15, 0.2) is 6.10 Å². The minimum absolute atomic E-state index is 0.0333.